The van der Waals surface area contributed by atoms with Crippen molar-refractivity contribution >= 4 is 23.0 Å². The van der Waals surface area contributed by atoms with Crippen molar-refractivity contribution in [1.29, 1.82) is 0 Å². The van der Waals surface area contributed by atoms with Crippen LogP contribution in [0.2, 0.25) is 0 Å². The second kappa shape index (κ2) is 9.82. The van der Waals surface area contributed by atoms with Crippen LogP contribution in [0.4, 0.5) is 17.1 Å². The van der Waals surface area contributed by atoms with Crippen LogP contribution in [-0.2, 0) is 19.4 Å². The number of para-hydroxylation sites is 1. The van der Waals surface area contributed by atoms with Crippen LogP contribution >= 0.6 is 0 Å². The van der Waals surface area contributed by atoms with Crippen LogP contribution < -0.4 is 19.7 Å². The molecule has 0 saturated heterocycles. The van der Waals surface area contributed by atoms with E-state index in [0.29, 0.717) is 41.3 Å². The molecule has 3 aromatic rings. The van der Waals surface area contributed by atoms with E-state index in [-0.39, 0.29) is 18.2 Å². The Bertz CT molecular complexity index is 1240. The third kappa shape index (κ3) is 4.52. The van der Waals surface area contributed by atoms with Crippen molar-refractivity contribution in [3.05, 3.63) is 87.0 Å². The lowest BCUT2D eigenvalue weighted by Gasteiger charge is -2.21. The number of amides is 1. The standard InChI is InChI=1S/C26H27N3O5/c1-4-17-11-18(13-20(12-17)29(31)32)16-34-25-15-22(27-2)21(14-24(25)33-3)26(30)28-10-9-19-7-5-6-8-23(19)28/h5-8,11-15,27H,4,9-10,16H2,1-3H3. The predicted octanol–water partition coefficient (Wildman–Crippen LogP) is 4.99. The van der Waals surface area contributed by atoms with Crippen LogP contribution in [0, 0.1) is 10.1 Å². The topological polar surface area (TPSA) is 93.9 Å². The first kappa shape index (κ1) is 23.1. The maximum absolute atomic E-state index is 13.4. The molecular weight excluding hydrogens is 434 g/mol. The van der Waals surface area contributed by atoms with Crippen LogP contribution in [-0.4, -0.2) is 31.5 Å². The first-order valence-electron chi connectivity index (χ1n) is 11.1. The Morgan fingerprint density at radius 2 is 1.88 bits per heavy atom. The van der Waals surface area contributed by atoms with Gasteiger partial charge in [0.25, 0.3) is 11.6 Å². The summed E-state index contributed by atoms with van der Waals surface area (Å²) in [6.45, 7) is 2.69. The number of nitrogens with one attached hydrogen (secondary N) is 1. The molecule has 0 saturated carbocycles. The molecule has 1 aliphatic rings. The summed E-state index contributed by atoms with van der Waals surface area (Å²) < 4.78 is 11.5. The summed E-state index contributed by atoms with van der Waals surface area (Å²) >= 11 is 0. The Hall–Kier alpha value is -4.07. The summed E-state index contributed by atoms with van der Waals surface area (Å²) in [6.07, 6.45) is 1.50. The number of carbonyl (C=O) groups is 1. The Balaban J connectivity index is 1.62. The fourth-order valence-electron chi connectivity index (χ4n) is 4.21. The molecule has 0 radical (unpaired) electrons. The molecule has 0 spiro atoms. The van der Waals surface area contributed by atoms with Crippen LogP contribution in [0.15, 0.2) is 54.6 Å². The SMILES string of the molecule is CCc1cc(COc2cc(NC)c(C(=O)N3CCc4ccccc43)cc2OC)cc([N+](=O)[O-])c1. The lowest BCUT2D eigenvalue weighted by Crippen LogP contribution is -2.29. The Morgan fingerprint density at radius 3 is 2.59 bits per heavy atom. The molecule has 1 heterocycles. The Labute approximate surface area is 198 Å². The van der Waals surface area contributed by atoms with Gasteiger partial charge in [-0.1, -0.05) is 31.2 Å². The number of methoxy groups -OCH3 is 1. The molecule has 34 heavy (non-hydrogen) atoms. The van der Waals surface area contributed by atoms with Gasteiger partial charge in [0.15, 0.2) is 11.5 Å². The number of non-ortho nitro benzene ring substituents is 1. The monoisotopic (exact) mass is 461 g/mol. The molecule has 176 valence electrons. The largest absolute Gasteiger partial charge is 0.493 e. The number of nitro benzene ring substituents is 1. The van der Waals surface area contributed by atoms with E-state index in [1.54, 1.807) is 30.1 Å². The van der Waals surface area contributed by atoms with Gasteiger partial charge in [0.05, 0.1) is 23.3 Å². The zero-order valence-electron chi connectivity index (χ0n) is 19.5. The van der Waals surface area contributed by atoms with Crippen molar-refractivity contribution in [2.75, 3.05) is 30.9 Å². The fourth-order valence-corrected chi connectivity index (χ4v) is 4.21. The lowest BCUT2D eigenvalue weighted by atomic mass is 10.1. The number of nitrogens with zero attached hydrogens (tertiary/aromatic N) is 2. The second-order valence-electron chi connectivity index (χ2n) is 8.04. The van der Waals surface area contributed by atoms with E-state index in [1.165, 1.54) is 13.2 Å². The van der Waals surface area contributed by atoms with Crippen LogP contribution in [0.25, 0.3) is 0 Å². The third-order valence-electron chi connectivity index (χ3n) is 5.99. The van der Waals surface area contributed by atoms with Crippen LogP contribution in [0.1, 0.15) is 34.0 Å². The van der Waals surface area contributed by atoms with Crippen molar-refractivity contribution in [2.45, 2.75) is 26.4 Å². The summed E-state index contributed by atoms with van der Waals surface area (Å²) in [7, 11) is 3.26. The zero-order chi connectivity index (χ0) is 24.2. The summed E-state index contributed by atoms with van der Waals surface area (Å²) in [5, 5.41) is 14.4. The molecule has 0 fully saturated rings. The van der Waals surface area contributed by atoms with Gasteiger partial charge >= 0.3 is 0 Å². The Kier molecular flexibility index (Phi) is 6.67. The number of nitro groups is 1. The summed E-state index contributed by atoms with van der Waals surface area (Å²) in [6, 6.07) is 16.3. The van der Waals surface area contributed by atoms with Gasteiger partial charge in [0.2, 0.25) is 0 Å². The van der Waals surface area contributed by atoms with Crippen molar-refractivity contribution in [2.24, 2.45) is 0 Å². The van der Waals surface area contributed by atoms with Gasteiger partial charge in [-0.15, -0.1) is 0 Å². The molecule has 0 aliphatic carbocycles. The van der Waals surface area contributed by atoms with Gasteiger partial charge in [0.1, 0.15) is 6.61 Å². The molecule has 8 heteroatoms. The second-order valence-corrected chi connectivity index (χ2v) is 8.04. The van der Waals surface area contributed by atoms with E-state index < -0.39 is 4.92 Å². The van der Waals surface area contributed by atoms with Crippen molar-refractivity contribution < 1.29 is 19.2 Å². The number of rotatable bonds is 8. The van der Waals surface area contributed by atoms with Crippen molar-refractivity contribution in [3.63, 3.8) is 0 Å². The average Bonchev–Trinajstić information content (AvgIpc) is 3.30. The minimum Gasteiger partial charge on any atom is -0.493 e. The van der Waals surface area contributed by atoms with E-state index in [4.69, 9.17) is 9.47 Å². The van der Waals surface area contributed by atoms with E-state index >= 15 is 0 Å². The highest BCUT2D eigenvalue weighted by Crippen LogP contribution is 2.37. The van der Waals surface area contributed by atoms with Crippen molar-refractivity contribution in [1.82, 2.24) is 0 Å². The molecule has 4 rings (SSSR count). The maximum Gasteiger partial charge on any atom is 0.270 e. The molecule has 1 aliphatic heterocycles. The first-order chi connectivity index (χ1) is 16.4. The van der Waals surface area contributed by atoms with E-state index in [0.717, 1.165) is 23.2 Å². The van der Waals surface area contributed by atoms with E-state index in [1.807, 2.05) is 37.3 Å². The minimum atomic E-state index is -0.404. The smallest absolute Gasteiger partial charge is 0.270 e. The maximum atomic E-state index is 13.4. The molecule has 1 amide bonds. The quantitative estimate of drug-likeness (QED) is 0.375. The normalized spacial score (nSPS) is 12.3. The molecule has 8 nitrogen and oxygen atoms in total. The van der Waals surface area contributed by atoms with Gasteiger partial charge in [-0.05, 0) is 41.7 Å². The van der Waals surface area contributed by atoms with E-state index in [2.05, 4.69) is 5.32 Å². The first-order valence-corrected chi connectivity index (χ1v) is 11.1. The van der Waals surface area contributed by atoms with Gasteiger partial charge in [-0.2, -0.15) is 0 Å². The van der Waals surface area contributed by atoms with Gasteiger partial charge < -0.3 is 19.7 Å². The Morgan fingerprint density at radius 1 is 1.12 bits per heavy atom. The van der Waals surface area contributed by atoms with Crippen molar-refractivity contribution in [3.8, 4) is 11.5 Å². The molecule has 0 atom stereocenters. The average molecular weight is 462 g/mol. The number of fused-ring (bicyclic) bond motifs is 1. The lowest BCUT2D eigenvalue weighted by molar-refractivity contribution is -0.385. The molecular formula is C26H27N3O5. The molecule has 0 bridgehead atoms. The van der Waals surface area contributed by atoms with Crippen LogP contribution in [0.5, 0.6) is 11.5 Å². The molecule has 0 aromatic heterocycles. The number of ether oxygens (including phenoxy) is 2. The number of hydrogen-bond donors (Lipinski definition) is 1. The number of aryl methyl sites for hydroxylation is 1. The molecule has 3 aromatic carbocycles. The van der Waals surface area contributed by atoms with E-state index in [9.17, 15) is 14.9 Å². The summed E-state index contributed by atoms with van der Waals surface area (Å²) in [5.74, 6) is 0.733. The highest BCUT2D eigenvalue weighted by Gasteiger charge is 2.28. The number of anilines is 2. The fraction of sp³-hybridized carbons (Fsp3) is 0.269. The number of benzene rings is 3. The zero-order valence-corrected chi connectivity index (χ0v) is 19.5. The highest BCUT2D eigenvalue weighted by atomic mass is 16.6. The molecule has 1 N–H and O–H groups in total. The number of carbonyl (C=O) groups excluding carboxylic acids is 1. The summed E-state index contributed by atoms with van der Waals surface area (Å²) in [4.78, 5) is 26.1. The number of hydrogen-bond acceptors (Lipinski definition) is 6. The van der Waals surface area contributed by atoms with Gasteiger partial charge in [-0.3, -0.25) is 14.9 Å². The third-order valence-corrected chi connectivity index (χ3v) is 5.99. The van der Waals surface area contributed by atoms with Gasteiger partial charge in [0, 0.05) is 37.5 Å². The predicted molar refractivity (Wildman–Crippen MR) is 131 cm³/mol. The molecule has 0 unspecified atom stereocenters. The highest BCUT2D eigenvalue weighted by molar-refractivity contribution is 6.11. The van der Waals surface area contributed by atoms with Gasteiger partial charge in [-0.25, -0.2) is 0 Å². The summed E-state index contributed by atoms with van der Waals surface area (Å²) in [5.41, 5.74) is 4.75. The van der Waals surface area contributed by atoms with Crippen LogP contribution in [0.3, 0.4) is 0 Å². The minimum absolute atomic E-state index is 0.0349.